The molecule has 0 aliphatic heterocycles. The Morgan fingerprint density at radius 3 is 2.33 bits per heavy atom. The average molecular weight is 147 g/mol. The molecule has 0 aliphatic carbocycles. The zero-order chi connectivity index (χ0) is 7.33. The van der Waals surface area contributed by atoms with Crippen LogP contribution in [0, 0.1) is 0 Å². The van der Waals surface area contributed by atoms with Crippen molar-refractivity contribution >= 4 is 8.32 Å². The Morgan fingerprint density at radius 2 is 2.00 bits per heavy atom. The van der Waals surface area contributed by atoms with E-state index in [0.29, 0.717) is 0 Å². The van der Waals surface area contributed by atoms with E-state index in [1.807, 2.05) is 14.0 Å². The summed E-state index contributed by atoms with van der Waals surface area (Å²) in [7, 11) is 0.652. The van der Waals surface area contributed by atoms with Crippen LogP contribution in [0.2, 0.25) is 13.1 Å². The summed E-state index contributed by atoms with van der Waals surface area (Å²) in [5.41, 5.74) is 0. The van der Waals surface area contributed by atoms with Crippen molar-refractivity contribution in [1.82, 2.24) is 5.32 Å². The van der Waals surface area contributed by atoms with Crippen LogP contribution < -0.4 is 5.32 Å². The van der Waals surface area contributed by atoms with Crippen molar-refractivity contribution < 1.29 is 4.43 Å². The molecule has 0 heterocycles. The van der Waals surface area contributed by atoms with Gasteiger partial charge in [0.2, 0.25) is 0 Å². The summed E-state index contributed by atoms with van der Waals surface area (Å²) in [5.74, 6) is 0. The van der Waals surface area contributed by atoms with Gasteiger partial charge >= 0.3 is 0 Å². The van der Waals surface area contributed by atoms with Gasteiger partial charge in [0.05, 0.1) is 0 Å². The van der Waals surface area contributed by atoms with Crippen LogP contribution >= 0.6 is 0 Å². The largest absolute Gasteiger partial charge is 0.416 e. The molecule has 9 heavy (non-hydrogen) atoms. The molecule has 0 aromatic carbocycles. The lowest BCUT2D eigenvalue weighted by Gasteiger charge is -2.20. The van der Waals surface area contributed by atoms with Gasteiger partial charge in [0.1, 0.15) is 0 Å². The smallest absolute Gasteiger partial charge is 0.200 e. The van der Waals surface area contributed by atoms with Gasteiger partial charge in [-0.15, -0.1) is 0 Å². The third-order valence-electron chi connectivity index (χ3n) is 1.14. The fourth-order valence-corrected chi connectivity index (χ4v) is 2.60. The van der Waals surface area contributed by atoms with E-state index in [0.717, 1.165) is 12.8 Å². The zero-order valence-corrected chi connectivity index (χ0v) is 7.82. The van der Waals surface area contributed by atoms with E-state index < -0.39 is 8.32 Å². The van der Waals surface area contributed by atoms with Crippen molar-refractivity contribution in [3.8, 4) is 0 Å². The van der Waals surface area contributed by atoms with Gasteiger partial charge < -0.3 is 9.74 Å². The third kappa shape index (κ3) is 4.63. The van der Waals surface area contributed by atoms with E-state index in [9.17, 15) is 0 Å². The van der Waals surface area contributed by atoms with Gasteiger partial charge in [-0.25, -0.2) is 0 Å². The van der Waals surface area contributed by atoms with Gasteiger partial charge in [-0.3, -0.25) is 0 Å². The maximum Gasteiger partial charge on any atom is 0.200 e. The fraction of sp³-hybridized carbons (Fsp3) is 1.00. The van der Waals surface area contributed by atoms with Gasteiger partial charge in [0.15, 0.2) is 8.32 Å². The van der Waals surface area contributed by atoms with Gasteiger partial charge in [-0.05, 0) is 27.1 Å². The Kier molecular flexibility index (Phi) is 4.09. The first kappa shape index (κ1) is 9.14. The molecule has 0 rings (SSSR count). The van der Waals surface area contributed by atoms with E-state index in [1.165, 1.54) is 0 Å². The molecule has 2 nitrogen and oxygen atoms in total. The van der Waals surface area contributed by atoms with Crippen LogP contribution in [0.1, 0.15) is 6.92 Å². The Bertz CT molecular complexity index is 67.5. The minimum absolute atomic E-state index is 0.848. The number of hydrogen-bond acceptors (Lipinski definition) is 2. The summed E-state index contributed by atoms with van der Waals surface area (Å²) in [6.45, 7) is 7.32. The third-order valence-corrected chi connectivity index (χ3v) is 3.41. The van der Waals surface area contributed by atoms with Gasteiger partial charge in [0.25, 0.3) is 0 Å². The molecule has 0 bridgehead atoms. The van der Waals surface area contributed by atoms with Crippen LogP contribution in [-0.2, 0) is 4.43 Å². The van der Waals surface area contributed by atoms with Gasteiger partial charge in [-0.2, -0.15) is 0 Å². The van der Waals surface area contributed by atoms with E-state index in [2.05, 4.69) is 18.4 Å². The average Bonchev–Trinajstić information content (AvgIpc) is 1.64. The minimum Gasteiger partial charge on any atom is -0.416 e. The predicted octanol–water partition coefficient (Wildman–Crippen LogP) is 0.987. The summed E-state index contributed by atoms with van der Waals surface area (Å²) in [6, 6.07) is 0. The first-order valence-corrected chi connectivity index (χ1v) is 6.52. The summed E-state index contributed by atoms with van der Waals surface area (Å²) < 4.78 is 5.55. The fourth-order valence-electron chi connectivity index (χ4n) is 0.867. The van der Waals surface area contributed by atoms with Crippen LogP contribution in [-0.4, -0.2) is 28.1 Å². The van der Waals surface area contributed by atoms with Crippen molar-refractivity contribution in [1.29, 1.82) is 0 Å². The number of nitrogens with one attached hydrogen (secondary N) is 1. The molecule has 0 saturated heterocycles. The SMILES string of the molecule is CCO[Si](C)(C)CNC. The lowest BCUT2D eigenvalue weighted by atomic mass is 10.9. The molecule has 0 aliphatic rings. The van der Waals surface area contributed by atoms with Gasteiger partial charge in [-0.1, -0.05) is 0 Å². The lowest BCUT2D eigenvalue weighted by Crippen LogP contribution is -2.41. The molecular formula is C6H17NOSi. The molecule has 0 radical (unpaired) electrons. The van der Waals surface area contributed by atoms with E-state index in [-0.39, 0.29) is 0 Å². The molecule has 0 amide bonds. The summed E-state index contributed by atoms with van der Waals surface area (Å²) in [6.07, 6.45) is 1.04. The Labute approximate surface area is 58.7 Å². The second-order valence-electron chi connectivity index (χ2n) is 2.72. The highest BCUT2D eigenvalue weighted by molar-refractivity contribution is 6.71. The van der Waals surface area contributed by atoms with Gasteiger partial charge in [0, 0.05) is 12.8 Å². The molecule has 3 heteroatoms. The highest BCUT2D eigenvalue weighted by Crippen LogP contribution is 2.00. The Morgan fingerprint density at radius 1 is 1.44 bits per heavy atom. The van der Waals surface area contributed by atoms with E-state index in [1.54, 1.807) is 0 Å². The highest BCUT2D eigenvalue weighted by atomic mass is 28.4. The molecular weight excluding hydrogens is 130 g/mol. The summed E-state index contributed by atoms with van der Waals surface area (Å²) in [5, 5.41) is 3.13. The van der Waals surface area contributed by atoms with Crippen molar-refractivity contribution in [3.63, 3.8) is 0 Å². The molecule has 0 fully saturated rings. The van der Waals surface area contributed by atoms with E-state index in [4.69, 9.17) is 4.43 Å². The molecule has 0 aromatic heterocycles. The zero-order valence-electron chi connectivity index (χ0n) is 6.82. The summed E-state index contributed by atoms with van der Waals surface area (Å²) >= 11 is 0. The van der Waals surface area contributed by atoms with Crippen LogP contribution in [0.25, 0.3) is 0 Å². The monoisotopic (exact) mass is 147 g/mol. The van der Waals surface area contributed by atoms with Crippen molar-refractivity contribution in [2.24, 2.45) is 0 Å². The van der Waals surface area contributed by atoms with Crippen molar-refractivity contribution in [3.05, 3.63) is 0 Å². The predicted molar refractivity (Wildman–Crippen MR) is 43.0 cm³/mol. The molecule has 0 spiro atoms. The lowest BCUT2D eigenvalue weighted by molar-refractivity contribution is 0.328. The van der Waals surface area contributed by atoms with Crippen LogP contribution in [0.4, 0.5) is 0 Å². The molecule has 0 saturated carbocycles. The summed E-state index contributed by atoms with van der Waals surface area (Å²) in [4.78, 5) is 0. The molecule has 56 valence electrons. The second-order valence-corrected chi connectivity index (χ2v) is 6.88. The maximum absolute atomic E-state index is 5.55. The standard InChI is InChI=1S/C6H17NOSi/c1-5-8-9(3,4)6-7-2/h7H,5-6H2,1-4H3. The second kappa shape index (κ2) is 4.03. The Balaban J connectivity index is 3.43. The topological polar surface area (TPSA) is 21.3 Å². The van der Waals surface area contributed by atoms with E-state index >= 15 is 0 Å². The Hall–Kier alpha value is 0.137. The maximum atomic E-state index is 5.55. The molecule has 0 aromatic rings. The number of rotatable bonds is 4. The molecule has 0 unspecified atom stereocenters. The van der Waals surface area contributed by atoms with Crippen LogP contribution in [0.5, 0.6) is 0 Å². The van der Waals surface area contributed by atoms with Crippen LogP contribution in [0.3, 0.4) is 0 Å². The van der Waals surface area contributed by atoms with Crippen LogP contribution in [0.15, 0.2) is 0 Å². The first-order valence-electron chi connectivity index (χ1n) is 3.41. The highest BCUT2D eigenvalue weighted by Gasteiger charge is 2.19. The molecule has 0 atom stereocenters. The number of hydrogen-bond donors (Lipinski definition) is 1. The normalized spacial score (nSPS) is 12.0. The minimum atomic E-state index is -1.31. The van der Waals surface area contributed by atoms with Crippen molar-refractivity contribution in [2.45, 2.75) is 20.0 Å². The first-order chi connectivity index (χ1) is 4.12. The molecule has 1 N–H and O–H groups in total. The quantitative estimate of drug-likeness (QED) is 0.599. The van der Waals surface area contributed by atoms with Crippen molar-refractivity contribution in [2.75, 3.05) is 19.8 Å².